The number of carbonyl (C=O) groups excluding carboxylic acids is 4. The van der Waals surface area contributed by atoms with Gasteiger partial charge in [0, 0.05) is 25.2 Å². The molecular weight excluding hydrogens is 476 g/mol. The Labute approximate surface area is 218 Å². The number of piperidine rings is 1. The van der Waals surface area contributed by atoms with Crippen LogP contribution in [0.3, 0.4) is 0 Å². The van der Waals surface area contributed by atoms with E-state index in [1.807, 2.05) is 5.01 Å². The summed E-state index contributed by atoms with van der Waals surface area (Å²) < 4.78 is 11.0. The van der Waals surface area contributed by atoms with Crippen LogP contribution >= 0.6 is 0 Å². The number of carbonyl (C=O) groups is 4. The highest BCUT2D eigenvalue weighted by atomic mass is 16.6. The van der Waals surface area contributed by atoms with Crippen LogP contribution in [0.5, 0.6) is 0 Å². The Morgan fingerprint density at radius 1 is 0.919 bits per heavy atom. The molecule has 0 spiro atoms. The van der Waals surface area contributed by atoms with Gasteiger partial charge < -0.3 is 14.8 Å². The highest BCUT2D eigenvalue weighted by Gasteiger charge is 2.54. The third-order valence-corrected chi connectivity index (χ3v) is 6.86. The predicted octanol–water partition coefficient (Wildman–Crippen LogP) is 3.04. The number of nitrogens with zero attached hydrogens (tertiary/aromatic N) is 3. The molecule has 3 saturated heterocycles. The number of allylic oxidation sites excluding steroid dienone is 2. The molecular formula is C27H40N4O6. The Hall–Kier alpha value is -2.88. The summed E-state index contributed by atoms with van der Waals surface area (Å²) in [5.41, 5.74) is -0.0315. The Morgan fingerprint density at radius 2 is 1.57 bits per heavy atom. The normalized spacial score (nSPS) is 26.3. The largest absolute Gasteiger partial charge is 0.455 e. The number of hydrazine groups is 1. The zero-order valence-corrected chi connectivity index (χ0v) is 22.9. The van der Waals surface area contributed by atoms with Crippen LogP contribution < -0.4 is 5.32 Å². The summed E-state index contributed by atoms with van der Waals surface area (Å²) in [6.45, 7) is 12.9. The molecule has 0 aromatic heterocycles. The summed E-state index contributed by atoms with van der Waals surface area (Å²) in [4.78, 5) is 53.5. The molecule has 0 bridgehead atoms. The first-order chi connectivity index (χ1) is 17.2. The van der Waals surface area contributed by atoms with Gasteiger partial charge in [0.25, 0.3) is 11.8 Å². The van der Waals surface area contributed by atoms with Gasteiger partial charge in [-0.25, -0.2) is 14.6 Å². The van der Waals surface area contributed by atoms with Gasteiger partial charge in [0.05, 0.1) is 6.04 Å². The van der Waals surface area contributed by atoms with Crippen molar-refractivity contribution in [3.05, 3.63) is 22.9 Å². The SMILES string of the molecule is CC(C)(C)OC(=O)N[C@@H]1C(=O)N2C(C(=O)OC(C)(C)C)=C(/C=C3\CCN(N4CCCCC4)C3=O)CC[C@H]12. The molecule has 1 N–H and O–H groups in total. The summed E-state index contributed by atoms with van der Waals surface area (Å²) in [6.07, 6.45) is 6.06. The number of nitrogens with one attached hydrogen (secondary N) is 1. The predicted molar refractivity (Wildman–Crippen MR) is 136 cm³/mol. The van der Waals surface area contributed by atoms with Gasteiger partial charge in [0.2, 0.25) is 0 Å². The van der Waals surface area contributed by atoms with Crippen molar-refractivity contribution in [1.82, 2.24) is 20.2 Å². The molecule has 4 aliphatic heterocycles. The third kappa shape index (κ3) is 6.00. The lowest BCUT2D eigenvalue weighted by Crippen LogP contribution is -2.72. The standard InChI is InChI=1S/C27H40N4O6/c1-26(2,3)36-24(34)21-17(16-18-12-15-30(22(18)32)29-13-8-7-9-14-29)10-11-19-20(23(33)31(19)21)28-25(35)37-27(4,5)6/h16,19-20H,7-15H2,1-6H3,(H,28,35)/b18-16+/t19-,20+/m1/s1. The maximum absolute atomic E-state index is 13.3. The molecule has 0 aromatic carbocycles. The number of rotatable bonds is 4. The van der Waals surface area contributed by atoms with E-state index in [1.54, 1.807) is 47.6 Å². The lowest BCUT2D eigenvalue weighted by molar-refractivity contribution is -0.161. The molecule has 0 radical (unpaired) electrons. The molecule has 0 aliphatic carbocycles. The minimum absolute atomic E-state index is 0.0422. The molecule has 0 unspecified atom stereocenters. The van der Waals surface area contributed by atoms with E-state index >= 15 is 0 Å². The highest BCUT2D eigenvalue weighted by Crippen LogP contribution is 2.39. The van der Waals surface area contributed by atoms with Gasteiger partial charge in [0.15, 0.2) is 0 Å². The van der Waals surface area contributed by atoms with Crippen LogP contribution in [-0.4, -0.2) is 81.7 Å². The monoisotopic (exact) mass is 516 g/mol. The third-order valence-electron chi connectivity index (χ3n) is 6.86. The maximum Gasteiger partial charge on any atom is 0.408 e. The van der Waals surface area contributed by atoms with Gasteiger partial charge in [-0.15, -0.1) is 0 Å². The molecule has 3 amide bonds. The van der Waals surface area contributed by atoms with Crippen molar-refractivity contribution in [2.45, 2.75) is 103 Å². The Balaban J connectivity index is 1.58. The lowest BCUT2D eigenvalue weighted by atomic mass is 9.83. The summed E-state index contributed by atoms with van der Waals surface area (Å²) in [5.74, 6) is -1.04. The van der Waals surface area contributed by atoms with Crippen LogP contribution in [0.2, 0.25) is 0 Å². The zero-order valence-electron chi connectivity index (χ0n) is 22.9. The van der Waals surface area contributed by atoms with E-state index in [0.717, 1.165) is 25.9 Å². The van der Waals surface area contributed by atoms with E-state index < -0.39 is 29.3 Å². The molecule has 10 nitrogen and oxygen atoms in total. The first kappa shape index (κ1) is 27.2. The summed E-state index contributed by atoms with van der Waals surface area (Å²) >= 11 is 0. The smallest absolute Gasteiger partial charge is 0.408 e. The van der Waals surface area contributed by atoms with E-state index in [0.29, 0.717) is 37.0 Å². The van der Waals surface area contributed by atoms with E-state index in [4.69, 9.17) is 9.47 Å². The van der Waals surface area contributed by atoms with Gasteiger partial charge in [-0.05, 0) is 85.3 Å². The number of ether oxygens (including phenoxy) is 2. The minimum atomic E-state index is -0.774. The van der Waals surface area contributed by atoms with Gasteiger partial charge >= 0.3 is 12.1 Å². The number of hydrogen-bond donors (Lipinski definition) is 1. The zero-order chi connectivity index (χ0) is 27.1. The second-order valence-corrected chi connectivity index (χ2v) is 12.2. The van der Waals surface area contributed by atoms with Gasteiger partial charge in [-0.3, -0.25) is 19.5 Å². The fraction of sp³-hybridized carbons (Fsp3) is 0.704. The molecule has 4 aliphatic rings. The van der Waals surface area contributed by atoms with Crippen molar-refractivity contribution in [2.75, 3.05) is 19.6 Å². The average molecular weight is 517 g/mol. The van der Waals surface area contributed by atoms with Crippen molar-refractivity contribution in [3.8, 4) is 0 Å². The van der Waals surface area contributed by atoms with E-state index in [-0.39, 0.29) is 23.6 Å². The number of esters is 1. The Morgan fingerprint density at radius 3 is 2.19 bits per heavy atom. The fourth-order valence-electron chi connectivity index (χ4n) is 5.32. The van der Waals surface area contributed by atoms with Crippen molar-refractivity contribution in [2.24, 2.45) is 0 Å². The number of β-lactam (4-membered cyclic amide) rings is 1. The average Bonchev–Trinajstić information content (AvgIpc) is 3.15. The Kier molecular flexibility index (Phi) is 7.43. The number of amides is 3. The molecule has 4 heterocycles. The lowest BCUT2D eigenvalue weighted by Gasteiger charge is -2.50. The Bertz CT molecular complexity index is 1030. The first-order valence-electron chi connectivity index (χ1n) is 13.3. The molecule has 4 rings (SSSR count). The van der Waals surface area contributed by atoms with Gasteiger partial charge in [-0.1, -0.05) is 6.42 Å². The first-order valence-corrected chi connectivity index (χ1v) is 13.3. The van der Waals surface area contributed by atoms with E-state index in [9.17, 15) is 19.2 Å². The molecule has 3 fully saturated rings. The second kappa shape index (κ2) is 10.1. The topological polar surface area (TPSA) is 108 Å². The number of hydrogen-bond acceptors (Lipinski definition) is 7. The van der Waals surface area contributed by atoms with Gasteiger partial charge in [-0.2, -0.15) is 0 Å². The maximum atomic E-state index is 13.3. The van der Waals surface area contributed by atoms with Crippen molar-refractivity contribution in [3.63, 3.8) is 0 Å². The van der Waals surface area contributed by atoms with Crippen LogP contribution in [-0.2, 0) is 23.9 Å². The summed E-state index contributed by atoms with van der Waals surface area (Å²) in [5, 5.41) is 6.60. The summed E-state index contributed by atoms with van der Waals surface area (Å²) in [6, 6.07) is -1.15. The molecule has 204 valence electrons. The van der Waals surface area contributed by atoms with Crippen LogP contribution in [0.15, 0.2) is 22.9 Å². The van der Waals surface area contributed by atoms with Crippen molar-refractivity contribution in [1.29, 1.82) is 0 Å². The molecule has 0 aromatic rings. The van der Waals surface area contributed by atoms with E-state index in [1.165, 1.54) is 11.3 Å². The van der Waals surface area contributed by atoms with E-state index in [2.05, 4.69) is 10.3 Å². The summed E-state index contributed by atoms with van der Waals surface area (Å²) in [7, 11) is 0. The number of alkyl carbamates (subject to hydrolysis) is 1. The molecule has 10 heteroatoms. The van der Waals surface area contributed by atoms with Crippen LogP contribution in [0.25, 0.3) is 0 Å². The number of fused-ring (bicyclic) bond motifs is 1. The second-order valence-electron chi connectivity index (χ2n) is 12.2. The van der Waals surface area contributed by atoms with Crippen molar-refractivity contribution < 1.29 is 28.7 Å². The molecule has 2 atom stereocenters. The van der Waals surface area contributed by atoms with Crippen LogP contribution in [0.4, 0.5) is 4.79 Å². The minimum Gasteiger partial charge on any atom is -0.455 e. The highest BCUT2D eigenvalue weighted by molar-refractivity contribution is 6.03. The van der Waals surface area contributed by atoms with Gasteiger partial charge in [0.1, 0.15) is 22.9 Å². The van der Waals surface area contributed by atoms with Crippen LogP contribution in [0.1, 0.15) is 80.1 Å². The van der Waals surface area contributed by atoms with Crippen LogP contribution in [0, 0.1) is 0 Å². The quantitative estimate of drug-likeness (QED) is 0.348. The molecule has 0 saturated carbocycles. The molecule has 37 heavy (non-hydrogen) atoms. The fourth-order valence-corrected chi connectivity index (χ4v) is 5.32. The van der Waals surface area contributed by atoms with Crippen molar-refractivity contribution >= 4 is 23.9 Å².